The summed E-state index contributed by atoms with van der Waals surface area (Å²) in [6.45, 7) is -0.879. The van der Waals surface area contributed by atoms with Crippen LogP contribution < -0.4 is 9.73 Å². The normalized spacial score (nSPS) is 12.0. The average Bonchev–Trinajstić information content (AvgIpc) is 2.65. The van der Waals surface area contributed by atoms with Gasteiger partial charge in [0.2, 0.25) is 10.0 Å². The number of carbonyl (C=O) groups excluding carboxylic acids is 1. The molecule has 0 spiro atoms. The molecule has 0 bridgehead atoms. The number of halogens is 4. The number of carbonyl (C=O) groups is 2. The van der Waals surface area contributed by atoms with Gasteiger partial charge >= 0.3 is 12.1 Å². The monoisotopic (exact) mass is 477 g/mol. The molecule has 0 aliphatic rings. The zero-order valence-corrected chi connectivity index (χ0v) is 17.3. The smallest absolute Gasteiger partial charge is 0.417 e. The number of benzene rings is 2. The van der Waals surface area contributed by atoms with Gasteiger partial charge in [-0.15, -0.1) is 0 Å². The topological polar surface area (TPSA) is 116 Å². The lowest BCUT2D eigenvalue weighted by Gasteiger charge is -2.22. The Labute approximate surface area is 180 Å². The van der Waals surface area contributed by atoms with E-state index < -0.39 is 50.9 Å². The van der Waals surface area contributed by atoms with Crippen molar-refractivity contribution in [2.24, 2.45) is 5.10 Å². The van der Waals surface area contributed by atoms with Crippen LogP contribution in [0.3, 0.4) is 0 Å². The van der Waals surface area contributed by atoms with Crippen molar-refractivity contribution in [1.29, 1.82) is 0 Å². The molecule has 0 atom stereocenters. The Morgan fingerprint density at radius 3 is 2.45 bits per heavy atom. The molecule has 2 N–H and O–H groups in total. The minimum atomic E-state index is -4.83. The van der Waals surface area contributed by atoms with Gasteiger partial charge in [0.1, 0.15) is 6.54 Å². The predicted octanol–water partition coefficient (Wildman–Crippen LogP) is 2.97. The molecular weight excluding hydrogens is 463 g/mol. The molecule has 2 aromatic rings. The van der Waals surface area contributed by atoms with Gasteiger partial charge in [-0.2, -0.15) is 18.3 Å². The van der Waals surface area contributed by atoms with Crippen molar-refractivity contribution >= 4 is 45.4 Å². The number of rotatable bonds is 7. The Bertz CT molecular complexity index is 1140. The van der Waals surface area contributed by atoms with Gasteiger partial charge in [-0.05, 0) is 24.3 Å². The van der Waals surface area contributed by atoms with E-state index in [1.54, 1.807) is 6.07 Å². The van der Waals surface area contributed by atoms with Crippen molar-refractivity contribution in [2.75, 3.05) is 17.1 Å². The lowest BCUT2D eigenvalue weighted by molar-refractivity contribution is -0.137. The minimum Gasteiger partial charge on any atom is -0.478 e. The maximum Gasteiger partial charge on any atom is 0.417 e. The molecule has 2 rings (SSSR count). The molecule has 1 amide bonds. The van der Waals surface area contributed by atoms with Gasteiger partial charge in [-0.1, -0.05) is 29.8 Å². The molecule has 0 fully saturated rings. The molecule has 0 radical (unpaired) electrons. The molecule has 0 saturated carbocycles. The number of carboxylic acids is 1. The maximum atomic E-state index is 13.1. The van der Waals surface area contributed by atoms with Crippen LogP contribution >= 0.6 is 11.6 Å². The number of hydrogen-bond acceptors (Lipinski definition) is 5. The van der Waals surface area contributed by atoms with Crippen LogP contribution in [0, 0.1) is 0 Å². The summed E-state index contributed by atoms with van der Waals surface area (Å²) in [5.41, 5.74) is 0.412. The Balaban J connectivity index is 2.23. The molecule has 8 nitrogen and oxygen atoms in total. The first kappa shape index (κ1) is 24.2. The lowest BCUT2D eigenvalue weighted by Crippen LogP contribution is -2.39. The molecule has 0 saturated heterocycles. The molecule has 0 aromatic heterocycles. The van der Waals surface area contributed by atoms with Gasteiger partial charge in [0.15, 0.2) is 0 Å². The summed E-state index contributed by atoms with van der Waals surface area (Å²) in [7, 11) is -4.15. The zero-order chi connectivity index (χ0) is 23.4. The molecule has 0 heterocycles. The van der Waals surface area contributed by atoms with Crippen molar-refractivity contribution in [3.63, 3.8) is 0 Å². The number of carboxylic acid groups (broad SMARTS) is 1. The number of hydrazone groups is 1. The van der Waals surface area contributed by atoms with E-state index in [0.29, 0.717) is 16.6 Å². The summed E-state index contributed by atoms with van der Waals surface area (Å²) >= 11 is 5.54. The van der Waals surface area contributed by atoms with Crippen molar-refractivity contribution < 1.29 is 36.3 Å². The van der Waals surface area contributed by atoms with Gasteiger partial charge in [-0.3, -0.25) is 9.10 Å². The molecule has 13 heteroatoms. The highest BCUT2D eigenvalue weighted by molar-refractivity contribution is 7.92. The van der Waals surface area contributed by atoms with Crippen molar-refractivity contribution in [1.82, 2.24) is 5.43 Å². The van der Waals surface area contributed by atoms with Crippen LogP contribution in [0.5, 0.6) is 0 Å². The summed E-state index contributed by atoms with van der Waals surface area (Å²) in [4.78, 5) is 23.3. The second-order valence-corrected chi connectivity index (χ2v) is 8.43. The molecular formula is C18H15ClF3N3O5S. The van der Waals surface area contributed by atoms with E-state index in [1.807, 2.05) is 5.43 Å². The predicted molar refractivity (Wildman–Crippen MR) is 108 cm³/mol. The standard InChI is InChI=1S/C18H15ClF3N3O5S/c1-31(29,30)25(12-6-7-15(19)14(8-12)18(20,21)22)10-16(26)24-23-9-11-4-2-3-5-13(11)17(27)28/h2-9H,10H2,1H3,(H,24,26)(H,27,28)/b23-9-. The average molecular weight is 478 g/mol. The Kier molecular flexibility index (Phi) is 7.28. The zero-order valence-electron chi connectivity index (χ0n) is 15.7. The molecule has 31 heavy (non-hydrogen) atoms. The van der Waals surface area contributed by atoms with Crippen LogP contribution in [0.15, 0.2) is 47.6 Å². The summed E-state index contributed by atoms with van der Waals surface area (Å²) in [5, 5.41) is 12.0. The summed E-state index contributed by atoms with van der Waals surface area (Å²) in [5.74, 6) is -2.20. The largest absolute Gasteiger partial charge is 0.478 e. The Hall–Kier alpha value is -3.12. The van der Waals surface area contributed by atoms with Crippen molar-refractivity contribution in [3.8, 4) is 0 Å². The van der Waals surface area contributed by atoms with Gasteiger partial charge in [-0.25, -0.2) is 18.6 Å². The molecule has 0 unspecified atom stereocenters. The number of hydrogen-bond donors (Lipinski definition) is 2. The molecule has 2 aromatic carbocycles. The fourth-order valence-corrected chi connectivity index (χ4v) is 3.50. The van der Waals surface area contributed by atoms with Crippen molar-refractivity contribution in [3.05, 3.63) is 64.2 Å². The summed E-state index contributed by atoms with van der Waals surface area (Å²) < 4.78 is 63.8. The van der Waals surface area contributed by atoms with E-state index in [1.165, 1.54) is 18.2 Å². The van der Waals surface area contributed by atoms with Crippen LogP contribution in [0.2, 0.25) is 5.02 Å². The summed E-state index contributed by atoms with van der Waals surface area (Å²) in [6, 6.07) is 8.19. The molecule has 166 valence electrons. The first-order valence-corrected chi connectivity index (χ1v) is 10.5. The quantitative estimate of drug-likeness (QED) is 0.470. The fraction of sp³-hybridized carbons (Fsp3) is 0.167. The third-order valence-corrected chi connectivity index (χ3v) is 5.29. The Morgan fingerprint density at radius 1 is 1.23 bits per heavy atom. The lowest BCUT2D eigenvalue weighted by atomic mass is 10.1. The number of amides is 1. The number of sulfonamides is 1. The Morgan fingerprint density at radius 2 is 1.87 bits per heavy atom. The molecule has 0 aliphatic heterocycles. The fourth-order valence-electron chi connectivity index (χ4n) is 2.43. The SMILES string of the molecule is CS(=O)(=O)N(CC(=O)N/N=C\c1ccccc1C(=O)O)c1ccc(Cl)c(C(F)(F)F)c1. The number of anilines is 1. The second kappa shape index (κ2) is 9.35. The van der Waals surface area contributed by atoms with Crippen LogP contribution in [-0.4, -0.2) is 44.4 Å². The number of nitrogens with one attached hydrogen (secondary N) is 1. The highest BCUT2D eigenvalue weighted by Gasteiger charge is 2.34. The van der Waals surface area contributed by atoms with Crippen LogP contribution in [0.4, 0.5) is 18.9 Å². The minimum absolute atomic E-state index is 0.0842. The third-order valence-electron chi connectivity index (χ3n) is 3.81. The van der Waals surface area contributed by atoms with Gasteiger partial charge in [0.25, 0.3) is 5.91 Å². The van der Waals surface area contributed by atoms with E-state index in [4.69, 9.17) is 16.7 Å². The molecule has 0 aliphatic carbocycles. The van der Waals surface area contributed by atoms with E-state index in [0.717, 1.165) is 18.3 Å². The second-order valence-electron chi connectivity index (χ2n) is 6.12. The number of aromatic carboxylic acids is 1. The van der Waals surface area contributed by atoms with E-state index in [-0.39, 0.29) is 11.1 Å². The van der Waals surface area contributed by atoms with Gasteiger partial charge in [0, 0.05) is 5.56 Å². The third kappa shape index (κ3) is 6.43. The number of nitrogens with zero attached hydrogens (tertiary/aromatic N) is 2. The maximum absolute atomic E-state index is 13.1. The highest BCUT2D eigenvalue weighted by Crippen LogP contribution is 2.37. The first-order chi connectivity index (χ1) is 14.3. The van der Waals surface area contributed by atoms with Gasteiger partial charge < -0.3 is 5.11 Å². The van der Waals surface area contributed by atoms with E-state index >= 15 is 0 Å². The first-order valence-electron chi connectivity index (χ1n) is 8.29. The highest BCUT2D eigenvalue weighted by atomic mass is 35.5. The van der Waals surface area contributed by atoms with Crippen LogP contribution in [0.1, 0.15) is 21.5 Å². The van der Waals surface area contributed by atoms with E-state index in [2.05, 4.69) is 5.10 Å². The van der Waals surface area contributed by atoms with E-state index in [9.17, 15) is 31.2 Å². The van der Waals surface area contributed by atoms with Crippen molar-refractivity contribution in [2.45, 2.75) is 6.18 Å². The van der Waals surface area contributed by atoms with Crippen LogP contribution in [-0.2, 0) is 21.0 Å². The summed E-state index contributed by atoms with van der Waals surface area (Å²) in [6.07, 6.45) is -3.08. The van der Waals surface area contributed by atoms with Crippen LogP contribution in [0.25, 0.3) is 0 Å². The number of alkyl halides is 3. The van der Waals surface area contributed by atoms with Gasteiger partial charge in [0.05, 0.1) is 34.3 Å².